The molecule has 6 heteroatoms. The maximum absolute atomic E-state index is 10.6. The van der Waals surface area contributed by atoms with Crippen molar-refractivity contribution in [3.8, 4) is 11.8 Å². The van der Waals surface area contributed by atoms with Gasteiger partial charge in [-0.2, -0.15) is 0 Å². The molecule has 2 N–H and O–H groups in total. The topological polar surface area (TPSA) is 52.6 Å². The number of rotatable bonds is 4. The van der Waals surface area contributed by atoms with Crippen molar-refractivity contribution in [2.24, 2.45) is 0 Å². The van der Waals surface area contributed by atoms with Crippen molar-refractivity contribution >= 4 is 29.3 Å². The fraction of sp³-hybridized carbons (Fsp3) is 0.471. The van der Waals surface area contributed by atoms with Crippen LogP contribution in [0.3, 0.4) is 0 Å². The molecular formula is C17H20Cl2N2O2. The normalized spacial score (nSPS) is 15.7. The largest absolute Gasteiger partial charge is 0.465 e. The van der Waals surface area contributed by atoms with Crippen LogP contribution in [-0.4, -0.2) is 41.8 Å². The molecule has 124 valence electrons. The Labute approximate surface area is 146 Å². The first-order chi connectivity index (χ1) is 11.0. The summed E-state index contributed by atoms with van der Waals surface area (Å²) in [7, 11) is 0. The Morgan fingerprint density at radius 1 is 1.35 bits per heavy atom. The van der Waals surface area contributed by atoms with Crippen LogP contribution in [0.25, 0.3) is 0 Å². The van der Waals surface area contributed by atoms with Crippen molar-refractivity contribution in [1.82, 2.24) is 10.2 Å². The lowest BCUT2D eigenvalue weighted by atomic mass is 10.0. The van der Waals surface area contributed by atoms with E-state index in [9.17, 15) is 4.79 Å². The van der Waals surface area contributed by atoms with Gasteiger partial charge in [-0.1, -0.05) is 35.0 Å². The molecule has 0 aromatic heterocycles. The SMILES string of the molecule is O=C(O)NC1CCN(CCCC#Cc2cc(Cl)ccc2Cl)CC1. The zero-order valence-corrected chi connectivity index (χ0v) is 14.3. The smallest absolute Gasteiger partial charge is 0.404 e. The van der Waals surface area contributed by atoms with E-state index in [0.717, 1.165) is 50.9 Å². The van der Waals surface area contributed by atoms with E-state index < -0.39 is 6.09 Å². The van der Waals surface area contributed by atoms with Crippen LogP contribution in [0.1, 0.15) is 31.2 Å². The Balaban J connectivity index is 1.68. The number of amides is 1. The van der Waals surface area contributed by atoms with Crippen LogP contribution in [0.4, 0.5) is 4.79 Å². The Kier molecular flexibility index (Phi) is 7.04. The van der Waals surface area contributed by atoms with Gasteiger partial charge < -0.3 is 15.3 Å². The molecule has 0 saturated carbocycles. The molecule has 1 aromatic rings. The maximum Gasteiger partial charge on any atom is 0.404 e. The average molecular weight is 355 g/mol. The van der Waals surface area contributed by atoms with E-state index in [1.165, 1.54) is 0 Å². The van der Waals surface area contributed by atoms with E-state index in [1.807, 2.05) is 0 Å². The van der Waals surface area contributed by atoms with Crippen LogP contribution in [0.2, 0.25) is 10.0 Å². The van der Waals surface area contributed by atoms with Crippen molar-refractivity contribution in [1.29, 1.82) is 0 Å². The predicted octanol–water partition coefficient (Wildman–Crippen LogP) is 3.86. The molecule has 4 nitrogen and oxygen atoms in total. The van der Waals surface area contributed by atoms with Crippen LogP contribution < -0.4 is 5.32 Å². The van der Waals surface area contributed by atoms with Gasteiger partial charge in [0.25, 0.3) is 0 Å². The Morgan fingerprint density at radius 3 is 2.78 bits per heavy atom. The molecule has 1 aliphatic rings. The minimum atomic E-state index is -0.932. The van der Waals surface area contributed by atoms with Crippen molar-refractivity contribution in [2.45, 2.75) is 31.7 Å². The maximum atomic E-state index is 10.6. The van der Waals surface area contributed by atoms with Crippen LogP contribution in [-0.2, 0) is 0 Å². The number of nitrogens with one attached hydrogen (secondary N) is 1. The lowest BCUT2D eigenvalue weighted by Crippen LogP contribution is -2.44. The highest BCUT2D eigenvalue weighted by Crippen LogP contribution is 2.19. The van der Waals surface area contributed by atoms with Crippen LogP contribution >= 0.6 is 23.2 Å². The van der Waals surface area contributed by atoms with Crippen LogP contribution in [0.15, 0.2) is 18.2 Å². The molecule has 0 aliphatic carbocycles. The summed E-state index contributed by atoms with van der Waals surface area (Å²) in [6.07, 6.45) is 2.60. The number of hydrogen-bond donors (Lipinski definition) is 2. The standard InChI is InChI=1S/C17H20Cl2N2O2/c18-14-5-6-16(19)13(12-14)4-2-1-3-9-21-10-7-15(8-11-21)20-17(22)23/h5-6,12,15,20H,1,3,7-11H2,(H,22,23). The predicted molar refractivity (Wildman–Crippen MR) is 93.2 cm³/mol. The third kappa shape index (κ3) is 6.31. The van der Waals surface area contributed by atoms with E-state index in [4.69, 9.17) is 28.3 Å². The van der Waals surface area contributed by atoms with E-state index in [1.54, 1.807) is 18.2 Å². The van der Waals surface area contributed by atoms with Gasteiger partial charge in [0.05, 0.1) is 5.02 Å². The van der Waals surface area contributed by atoms with E-state index in [0.29, 0.717) is 10.0 Å². The third-order valence-electron chi connectivity index (χ3n) is 3.84. The molecule has 0 radical (unpaired) electrons. The monoisotopic (exact) mass is 354 g/mol. The molecule has 1 aliphatic heterocycles. The van der Waals surface area contributed by atoms with Crippen molar-refractivity contribution in [3.63, 3.8) is 0 Å². The molecule has 2 rings (SSSR count). The lowest BCUT2D eigenvalue weighted by molar-refractivity contribution is 0.168. The summed E-state index contributed by atoms with van der Waals surface area (Å²) in [5.41, 5.74) is 0.764. The first-order valence-corrected chi connectivity index (χ1v) is 8.46. The first kappa shape index (κ1) is 17.9. The number of unbranched alkanes of at least 4 members (excludes halogenated alkanes) is 1. The van der Waals surface area contributed by atoms with E-state index in [2.05, 4.69) is 22.1 Å². The first-order valence-electron chi connectivity index (χ1n) is 7.70. The summed E-state index contributed by atoms with van der Waals surface area (Å²) in [4.78, 5) is 13.0. The number of hydrogen-bond acceptors (Lipinski definition) is 2. The fourth-order valence-electron chi connectivity index (χ4n) is 2.62. The second-order valence-electron chi connectivity index (χ2n) is 5.59. The Hall–Kier alpha value is -1.41. The minimum Gasteiger partial charge on any atom is -0.465 e. The number of nitrogens with zero attached hydrogens (tertiary/aromatic N) is 1. The molecule has 0 atom stereocenters. The number of halogens is 2. The Morgan fingerprint density at radius 2 is 2.09 bits per heavy atom. The van der Waals surface area contributed by atoms with Gasteiger partial charge in [-0.25, -0.2) is 4.79 Å². The van der Waals surface area contributed by atoms with E-state index in [-0.39, 0.29) is 6.04 Å². The molecule has 23 heavy (non-hydrogen) atoms. The molecule has 1 fully saturated rings. The van der Waals surface area contributed by atoms with E-state index >= 15 is 0 Å². The third-order valence-corrected chi connectivity index (χ3v) is 4.41. The second kappa shape index (κ2) is 9.02. The highest BCUT2D eigenvalue weighted by atomic mass is 35.5. The molecule has 0 bridgehead atoms. The zero-order chi connectivity index (χ0) is 16.7. The minimum absolute atomic E-state index is 0.0912. The van der Waals surface area contributed by atoms with Gasteiger partial charge in [0.1, 0.15) is 0 Å². The average Bonchev–Trinajstić information content (AvgIpc) is 2.51. The second-order valence-corrected chi connectivity index (χ2v) is 6.44. The van der Waals surface area contributed by atoms with Crippen molar-refractivity contribution in [2.75, 3.05) is 19.6 Å². The van der Waals surface area contributed by atoms with Gasteiger partial charge in [-0.3, -0.25) is 0 Å². The van der Waals surface area contributed by atoms with Gasteiger partial charge in [-0.05, 0) is 44.0 Å². The summed E-state index contributed by atoms with van der Waals surface area (Å²) in [5.74, 6) is 6.19. The fourth-order valence-corrected chi connectivity index (χ4v) is 2.95. The molecular weight excluding hydrogens is 335 g/mol. The van der Waals surface area contributed by atoms with Gasteiger partial charge in [0.2, 0.25) is 0 Å². The summed E-state index contributed by atoms with van der Waals surface area (Å²) in [6, 6.07) is 5.37. The van der Waals surface area contributed by atoms with Gasteiger partial charge in [-0.15, -0.1) is 0 Å². The van der Waals surface area contributed by atoms with Gasteiger partial charge in [0.15, 0.2) is 0 Å². The summed E-state index contributed by atoms with van der Waals surface area (Å²) in [6.45, 7) is 2.84. The molecule has 0 spiro atoms. The molecule has 1 saturated heterocycles. The van der Waals surface area contributed by atoms with Crippen LogP contribution in [0.5, 0.6) is 0 Å². The summed E-state index contributed by atoms with van der Waals surface area (Å²) < 4.78 is 0. The lowest BCUT2D eigenvalue weighted by Gasteiger charge is -2.31. The number of carbonyl (C=O) groups is 1. The van der Waals surface area contributed by atoms with Crippen LogP contribution in [0, 0.1) is 11.8 Å². The van der Waals surface area contributed by atoms with Gasteiger partial charge >= 0.3 is 6.09 Å². The molecule has 1 amide bonds. The number of piperidine rings is 1. The summed E-state index contributed by atoms with van der Waals surface area (Å²) in [5, 5.41) is 12.5. The van der Waals surface area contributed by atoms with Crippen molar-refractivity contribution < 1.29 is 9.90 Å². The summed E-state index contributed by atoms with van der Waals surface area (Å²) >= 11 is 12.0. The van der Waals surface area contributed by atoms with Gasteiger partial charge in [0, 0.05) is 36.1 Å². The molecule has 0 unspecified atom stereocenters. The molecule has 1 aromatic carbocycles. The number of benzene rings is 1. The highest BCUT2D eigenvalue weighted by molar-refractivity contribution is 6.33. The highest BCUT2D eigenvalue weighted by Gasteiger charge is 2.19. The molecule has 1 heterocycles. The zero-order valence-electron chi connectivity index (χ0n) is 12.8. The van der Waals surface area contributed by atoms with Crippen molar-refractivity contribution in [3.05, 3.63) is 33.8 Å². The number of likely N-dealkylation sites (tertiary alicyclic amines) is 1. The Bertz CT molecular complexity index is 602. The number of carboxylic acid groups (broad SMARTS) is 1. The quantitative estimate of drug-likeness (QED) is 0.637.